The maximum atomic E-state index is 11.2. The fraction of sp³-hybridized carbons (Fsp3) is 0.467. The van der Waals surface area contributed by atoms with Crippen LogP contribution in [0.25, 0.3) is 0 Å². The summed E-state index contributed by atoms with van der Waals surface area (Å²) in [5, 5.41) is 3.46. The molecule has 1 aliphatic rings. The van der Waals surface area contributed by atoms with Gasteiger partial charge in [0.15, 0.2) is 0 Å². The second kappa shape index (κ2) is 6.83. The quantitative estimate of drug-likeness (QED) is 0.811. The Bertz CT molecular complexity index is 614. The second-order valence-corrected chi connectivity index (χ2v) is 7.10. The summed E-state index contributed by atoms with van der Waals surface area (Å²) < 4.78 is 25.0. The lowest BCUT2D eigenvalue weighted by Gasteiger charge is -2.31. The highest BCUT2D eigenvalue weighted by molar-refractivity contribution is 7.92. The summed E-state index contributed by atoms with van der Waals surface area (Å²) >= 11 is 0. The zero-order chi connectivity index (χ0) is 15.3. The molecule has 0 aromatic heterocycles. The van der Waals surface area contributed by atoms with E-state index in [-0.39, 0.29) is 0 Å². The van der Waals surface area contributed by atoms with Gasteiger partial charge in [-0.25, -0.2) is 8.42 Å². The van der Waals surface area contributed by atoms with E-state index in [1.165, 1.54) is 0 Å². The van der Waals surface area contributed by atoms with Crippen molar-refractivity contribution in [2.45, 2.75) is 18.9 Å². The fourth-order valence-electron chi connectivity index (χ4n) is 2.49. The molecule has 114 valence electrons. The van der Waals surface area contributed by atoms with Gasteiger partial charge >= 0.3 is 0 Å². The Labute approximate surface area is 126 Å². The minimum Gasteiger partial charge on any atom is -0.382 e. The van der Waals surface area contributed by atoms with Crippen LogP contribution >= 0.6 is 0 Å². The van der Waals surface area contributed by atoms with Gasteiger partial charge in [0, 0.05) is 24.8 Å². The third-order valence-corrected chi connectivity index (χ3v) is 4.05. The molecule has 1 aromatic carbocycles. The van der Waals surface area contributed by atoms with Gasteiger partial charge in [0.05, 0.1) is 18.5 Å². The van der Waals surface area contributed by atoms with Crippen LogP contribution in [0.4, 0.5) is 11.4 Å². The number of rotatable bonds is 5. The van der Waals surface area contributed by atoms with Crippen molar-refractivity contribution in [1.82, 2.24) is 4.90 Å². The van der Waals surface area contributed by atoms with Crippen LogP contribution in [0.2, 0.25) is 0 Å². The molecular weight excluding hydrogens is 286 g/mol. The van der Waals surface area contributed by atoms with Crippen molar-refractivity contribution in [3.05, 3.63) is 24.3 Å². The maximum Gasteiger partial charge on any atom is 0.229 e. The minimum absolute atomic E-state index is 0.396. The zero-order valence-electron chi connectivity index (χ0n) is 12.2. The molecule has 0 atom stereocenters. The number of hydrogen-bond donors (Lipinski definition) is 2. The molecule has 5 nitrogen and oxygen atoms in total. The molecule has 2 N–H and O–H groups in total. The Hall–Kier alpha value is -1.71. The van der Waals surface area contributed by atoms with Crippen molar-refractivity contribution >= 4 is 21.4 Å². The number of likely N-dealkylation sites (tertiary alicyclic amines) is 1. The molecule has 1 aromatic rings. The molecule has 21 heavy (non-hydrogen) atoms. The molecule has 1 heterocycles. The molecule has 2 rings (SSSR count). The highest BCUT2D eigenvalue weighted by Crippen LogP contribution is 2.20. The molecule has 0 radical (unpaired) electrons. The van der Waals surface area contributed by atoms with Crippen LogP contribution in [0.1, 0.15) is 12.8 Å². The monoisotopic (exact) mass is 307 g/mol. The SMILES string of the molecule is C#CCN1CCC(Nc2cccc(NS(C)(=O)=O)c2)CC1. The summed E-state index contributed by atoms with van der Waals surface area (Å²) in [6.07, 6.45) is 8.53. The van der Waals surface area contributed by atoms with Crippen LogP contribution < -0.4 is 10.0 Å². The predicted octanol–water partition coefficient (Wildman–Crippen LogP) is 1.57. The van der Waals surface area contributed by atoms with Crippen LogP contribution in [0.3, 0.4) is 0 Å². The second-order valence-electron chi connectivity index (χ2n) is 5.35. The first-order valence-corrected chi connectivity index (χ1v) is 8.85. The van der Waals surface area contributed by atoms with Gasteiger partial charge in [0.1, 0.15) is 0 Å². The van der Waals surface area contributed by atoms with Crippen molar-refractivity contribution in [3.8, 4) is 12.3 Å². The zero-order valence-corrected chi connectivity index (χ0v) is 13.0. The first-order chi connectivity index (χ1) is 9.96. The molecule has 0 saturated carbocycles. The van der Waals surface area contributed by atoms with Gasteiger partial charge in [-0.05, 0) is 31.0 Å². The van der Waals surface area contributed by atoms with Gasteiger partial charge in [0.2, 0.25) is 10.0 Å². The Morgan fingerprint density at radius 3 is 2.62 bits per heavy atom. The summed E-state index contributed by atoms with van der Waals surface area (Å²) in [5.74, 6) is 2.67. The molecule has 0 bridgehead atoms. The van der Waals surface area contributed by atoms with E-state index >= 15 is 0 Å². The number of sulfonamides is 1. The van der Waals surface area contributed by atoms with Crippen molar-refractivity contribution in [3.63, 3.8) is 0 Å². The van der Waals surface area contributed by atoms with E-state index in [4.69, 9.17) is 6.42 Å². The highest BCUT2D eigenvalue weighted by Gasteiger charge is 2.18. The molecule has 6 heteroatoms. The average Bonchev–Trinajstić information content (AvgIpc) is 2.40. The molecule has 0 spiro atoms. The number of hydrogen-bond acceptors (Lipinski definition) is 4. The minimum atomic E-state index is -3.24. The van der Waals surface area contributed by atoms with E-state index < -0.39 is 10.0 Å². The number of anilines is 2. The van der Waals surface area contributed by atoms with E-state index in [2.05, 4.69) is 20.9 Å². The Balaban J connectivity index is 1.92. The van der Waals surface area contributed by atoms with Crippen molar-refractivity contribution < 1.29 is 8.42 Å². The Kier molecular flexibility index (Phi) is 5.10. The predicted molar refractivity (Wildman–Crippen MR) is 86.8 cm³/mol. The van der Waals surface area contributed by atoms with Crippen LogP contribution in [-0.4, -0.2) is 45.2 Å². The lowest BCUT2D eigenvalue weighted by molar-refractivity contribution is 0.243. The number of nitrogens with one attached hydrogen (secondary N) is 2. The fourth-order valence-corrected chi connectivity index (χ4v) is 3.04. The highest BCUT2D eigenvalue weighted by atomic mass is 32.2. The first kappa shape index (κ1) is 15.7. The summed E-state index contributed by atoms with van der Waals surface area (Å²) in [4.78, 5) is 2.26. The van der Waals surface area contributed by atoms with Gasteiger partial charge in [-0.2, -0.15) is 0 Å². The third kappa shape index (κ3) is 5.29. The van der Waals surface area contributed by atoms with E-state index in [9.17, 15) is 8.42 Å². The van der Waals surface area contributed by atoms with E-state index in [1.807, 2.05) is 18.2 Å². The lowest BCUT2D eigenvalue weighted by atomic mass is 10.0. The number of terminal acetylenes is 1. The van der Waals surface area contributed by atoms with Crippen molar-refractivity contribution in [1.29, 1.82) is 0 Å². The number of piperidine rings is 1. The first-order valence-electron chi connectivity index (χ1n) is 6.96. The maximum absolute atomic E-state index is 11.2. The van der Waals surface area contributed by atoms with Crippen LogP contribution in [0, 0.1) is 12.3 Å². The van der Waals surface area contributed by atoms with E-state index in [0.717, 1.165) is 37.9 Å². The van der Waals surface area contributed by atoms with Gasteiger partial charge in [-0.1, -0.05) is 12.0 Å². The smallest absolute Gasteiger partial charge is 0.229 e. The van der Waals surface area contributed by atoms with Gasteiger partial charge < -0.3 is 5.32 Å². The number of benzene rings is 1. The van der Waals surface area contributed by atoms with Crippen LogP contribution in [0.5, 0.6) is 0 Å². The summed E-state index contributed by atoms with van der Waals surface area (Å²) in [6.45, 7) is 2.69. The molecular formula is C15H21N3O2S. The van der Waals surface area contributed by atoms with E-state index in [1.54, 1.807) is 6.07 Å². The Morgan fingerprint density at radius 1 is 1.33 bits per heavy atom. The summed E-state index contributed by atoms with van der Waals surface area (Å²) in [7, 11) is -3.24. The van der Waals surface area contributed by atoms with Gasteiger partial charge in [-0.15, -0.1) is 6.42 Å². The average molecular weight is 307 g/mol. The molecule has 0 aliphatic carbocycles. The lowest BCUT2D eigenvalue weighted by Crippen LogP contribution is -2.39. The van der Waals surface area contributed by atoms with Gasteiger partial charge in [-0.3, -0.25) is 9.62 Å². The van der Waals surface area contributed by atoms with Crippen molar-refractivity contribution in [2.24, 2.45) is 0 Å². The third-order valence-electron chi connectivity index (χ3n) is 3.44. The largest absolute Gasteiger partial charge is 0.382 e. The molecule has 1 fully saturated rings. The van der Waals surface area contributed by atoms with Crippen LogP contribution in [-0.2, 0) is 10.0 Å². The van der Waals surface area contributed by atoms with Crippen LogP contribution in [0.15, 0.2) is 24.3 Å². The number of nitrogens with zero attached hydrogens (tertiary/aromatic N) is 1. The van der Waals surface area contributed by atoms with E-state index in [0.29, 0.717) is 18.3 Å². The molecule has 0 unspecified atom stereocenters. The normalized spacial score (nSPS) is 17.1. The standard InChI is InChI=1S/C15H21N3O2S/c1-3-9-18-10-7-13(8-11-18)16-14-5-4-6-15(12-14)17-21(2,19)20/h1,4-6,12-13,16-17H,7-11H2,2H3. The summed E-state index contributed by atoms with van der Waals surface area (Å²) in [6, 6.07) is 7.73. The van der Waals surface area contributed by atoms with Crippen molar-refractivity contribution in [2.75, 3.05) is 35.9 Å². The summed E-state index contributed by atoms with van der Waals surface area (Å²) in [5.41, 5.74) is 1.51. The topological polar surface area (TPSA) is 61.4 Å². The molecule has 1 aliphatic heterocycles. The molecule has 1 saturated heterocycles. The molecule has 0 amide bonds. The van der Waals surface area contributed by atoms with Gasteiger partial charge in [0.25, 0.3) is 0 Å². The Morgan fingerprint density at radius 2 is 2.00 bits per heavy atom.